The molecule has 142 valence electrons. The van der Waals surface area contributed by atoms with Crippen molar-refractivity contribution < 1.29 is 19.5 Å². The number of aromatic carboxylic acids is 1. The van der Waals surface area contributed by atoms with Gasteiger partial charge in [0, 0.05) is 25.0 Å². The largest absolute Gasteiger partial charge is 0.478 e. The van der Waals surface area contributed by atoms with Gasteiger partial charge in [0.2, 0.25) is 11.8 Å². The average Bonchev–Trinajstić information content (AvgIpc) is 2.59. The van der Waals surface area contributed by atoms with Crippen LogP contribution in [0, 0.1) is 11.3 Å². The van der Waals surface area contributed by atoms with Gasteiger partial charge in [-0.1, -0.05) is 32.9 Å². The highest BCUT2D eigenvalue weighted by molar-refractivity contribution is 5.88. The van der Waals surface area contributed by atoms with Crippen molar-refractivity contribution in [3.63, 3.8) is 0 Å². The van der Waals surface area contributed by atoms with Crippen molar-refractivity contribution in [2.24, 2.45) is 11.3 Å². The maximum Gasteiger partial charge on any atom is 0.335 e. The van der Waals surface area contributed by atoms with Crippen LogP contribution in [-0.4, -0.2) is 47.4 Å². The lowest BCUT2D eigenvalue weighted by molar-refractivity contribution is -0.132. The Bertz CT molecular complexity index is 679. The number of rotatable bonds is 5. The van der Waals surface area contributed by atoms with E-state index in [0.29, 0.717) is 25.2 Å². The second kappa shape index (κ2) is 8.34. The van der Waals surface area contributed by atoms with Gasteiger partial charge in [-0.05, 0) is 36.5 Å². The molecule has 0 aromatic heterocycles. The summed E-state index contributed by atoms with van der Waals surface area (Å²) in [5, 5.41) is 12.0. The molecule has 0 aliphatic carbocycles. The molecule has 26 heavy (non-hydrogen) atoms. The molecule has 6 nitrogen and oxygen atoms in total. The summed E-state index contributed by atoms with van der Waals surface area (Å²) in [6.45, 7) is 7.55. The summed E-state index contributed by atoms with van der Waals surface area (Å²) in [5.74, 6) is -0.720. The third-order valence-electron chi connectivity index (χ3n) is 4.63. The molecule has 1 aliphatic rings. The molecule has 2 N–H and O–H groups in total. The van der Waals surface area contributed by atoms with Crippen LogP contribution >= 0.6 is 0 Å². The van der Waals surface area contributed by atoms with Crippen molar-refractivity contribution in [2.75, 3.05) is 19.6 Å². The highest BCUT2D eigenvalue weighted by Crippen LogP contribution is 2.19. The average molecular weight is 360 g/mol. The van der Waals surface area contributed by atoms with Gasteiger partial charge in [-0.2, -0.15) is 0 Å². The highest BCUT2D eigenvalue weighted by atomic mass is 16.4. The minimum Gasteiger partial charge on any atom is -0.478 e. The molecular weight excluding hydrogens is 332 g/mol. The van der Waals surface area contributed by atoms with E-state index in [4.69, 9.17) is 5.11 Å². The summed E-state index contributed by atoms with van der Waals surface area (Å²) in [6, 6.07) is 6.50. The second-order valence-electron chi connectivity index (χ2n) is 7.99. The van der Waals surface area contributed by atoms with E-state index < -0.39 is 11.4 Å². The van der Waals surface area contributed by atoms with Crippen LogP contribution in [0.3, 0.4) is 0 Å². The van der Waals surface area contributed by atoms with Crippen LogP contribution in [0.2, 0.25) is 0 Å². The number of likely N-dealkylation sites (tertiary alicyclic amines) is 1. The number of hydrogen-bond acceptors (Lipinski definition) is 3. The van der Waals surface area contributed by atoms with Gasteiger partial charge < -0.3 is 15.3 Å². The second-order valence-corrected chi connectivity index (χ2v) is 7.99. The molecule has 0 saturated carbocycles. The van der Waals surface area contributed by atoms with Gasteiger partial charge >= 0.3 is 5.97 Å². The fraction of sp³-hybridized carbons (Fsp3) is 0.550. The predicted octanol–water partition coefficient (Wildman–Crippen LogP) is 2.33. The van der Waals surface area contributed by atoms with Crippen LogP contribution in [-0.2, 0) is 16.0 Å². The first-order valence-corrected chi connectivity index (χ1v) is 9.05. The molecule has 0 bridgehead atoms. The highest BCUT2D eigenvalue weighted by Gasteiger charge is 2.26. The molecule has 1 aromatic rings. The number of carboxylic acids is 1. The van der Waals surface area contributed by atoms with Crippen molar-refractivity contribution in [2.45, 2.75) is 40.0 Å². The minimum absolute atomic E-state index is 0.000568. The number of amides is 2. The van der Waals surface area contributed by atoms with Gasteiger partial charge in [-0.15, -0.1) is 0 Å². The van der Waals surface area contributed by atoms with Crippen molar-refractivity contribution in [3.05, 3.63) is 35.4 Å². The van der Waals surface area contributed by atoms with E-state index in [-0.39, 0.29) is 29.7 Å². The zero-order valence-electron chi connectivity index (χ0n) is 15.7. The van der Waals surface area contributed by atoms with Crippen LogP contribution in [0.25, 0.3) is 0 Å². The molecule has 6 heteroatoms. The lowest BCUT2D eigenvalue weighted by Gasteiger charge is -2.33. The Morgan fingerprint density at radius 2 is 2.00 bits per heavy atom. The first-order valence-electron chi connectivity index (χ1n) is 9.05. The fourth-order valence-electron chi connectivity index (χ4n) is 3.06. The Balaban J connectivity index is 1.90. The third-order valence-corrected chi connectivity index (χ3v) is 4.63. The van der Waals surface area contributed by atoms with Crippen LogP contribution < -0.4 is 5.32 Å². The summed E-state index contributed by atoms with van der Waals surface area (Å²) in [4.78, 5) is 37.5. The Kier molecular flexibility index (Phi) is 6.40. The molecule has 1 fully saturated rings. The summed E-state index contributed by atoms with van der Waals surface area (Å²) in [7, 11) is 0. The molecule has 1 aliphatic heterocycles. The number of carbonyl (C=O) groups is 3. The topological polar surface area (TPSA) is 86.7 Å². The number of carbonyl (C=O) groups excluding carboxylic acids is 2. The summed E-state index contributed by atoms with van der Waals surface area (Å²) in [6.07, 6.45) is 2.10. The van der Waals surface area contributed by atoms with Gasteiger partial charge in [0.05, 0.1) is 12.0 Å². The van der Waals surface area contributed by atoms with E-state index >= 15 is 0 Å². The Morgan fingerprint density at radius 3 is 2.65 bits per heavy atom. The first-order chi connectivity index (χ1) is 12.2. The number of piperidine rings is 1. The molecule has 1 aromatic carbocycles. The Hall–Kier alpha value is -2.37. The van der Waals surface area contributed by atoms with Gasteiger partial charge in [0.15, 0.2) is 0 Å². The molecule has 2 rings (SSSR count). The van der Waals surface area contributed by atoms with E-state index in [9.17, 15) is 14.4 Å². The van der Waals surface area contributed by atoms with E-state index in [2.05, 4.69) is 5.32 Å². The van der Waals surface area contributed by atoms with E-state index in [1.807, 2.05) is 25.7 Å². The normalized spacial score (nSPS) is 17.7. The quantitative estimate of drug-likeness (QED) is 0.844. The Morgan fingerprint density at radius 1 is 1.27 bits per heavy atom. The number of benzene rings is 1. The molecule has 2 amide bonds. The van der Waals surface area contributed by atoms with Gasteiger partial charge in [0.1, 0.15) is 0 Å². The summed E-state index contributed by atoms with van der Waals surface area (Å²) >= 11 is 0. The minimum atomic E-state index is -0.994. The molecule has 0 spiro atoms. The van der Waals surface area contributed by atoms with Crippen LogP contribution in [0.4, 0.5) is 0 Å². The summed E-state index contributed by atoms with van der Waals surface area (Å²) in [5.41, 5.74) is 0.481. The lowest BCUT2D eigenvalue weighted by atomic mass is 9.94. The predicted molar refractivity (Wildman–Crippen MR) is 98.9 cm³/mol. The van der Waals surface area contributed by atoms with Crippen LogP contribution in [0.5, 0.6) is 0 Å². The molecule has 1 saturated heterocycles. The zero-order valence-corrected chi connectivity index (χ0v) is 15.7. The molecule has 1 unspecified atom stereocenters. The monoisotopic (exact) mass is 360 g/mol. The summed E-state index contributed by atoms with van der Waals surface area (Å²) < 4.78 is 0. The molecular formula is C20H28N2O4. The molecule has 0 radical (unpaired) electrons. The van der Waals surface area contributed by atoms with Gasteiger partial charge in [0.25, 0.3) is 0 Å². The van der Waals surface area contributed by atoms with Crippen molar-refractivity contribution in [1.29, 1.82) is 0 Å². The number of nitrogens with zero attached hydrogens (tertiary/aromatic N) is 1. The fourth-order valence-corrected chi connectivity index (χ4v) is 3.06. The third kappa shape index (κ3) is 5.58. The van der Waals surface area contributed by atoms with Gasteiger partial charge in [-0.25, -0.2) is 4.79 Å². The zero-order chi connectivity index (χ0) is 19.3. The van der Waals surface area contributed by atoms with E-state index in [0.717, 1.165) is 12.8 Å². The molecule has 1 heterocycles. The number of nitrogens with one attached hydrogen (secondary N) is 1. The number of hydrogen-bond donors (Lipinski definition) is 2. The van der Waals surface area contributed by atoms with Gasteiger partial charge in [-0.3, -0.25) is 9.59 Å². The van der Waals surface area contributed by atoms with Crippen molar-refractivity contribution in [1.82, 2.24) is 10.2 Å². The smallest absolute Gasteiger partial charge is 0.335 e. The van der Waals surface area contributed by atoms with Crippen molar-refractivity contribution in [3.8, 4) is 0 Å². The SMILES string of the molecule is CC(C)(C)C(=O)NCC1CCCN(C(=O)Cc2cccc(C(=O)O)c2)C1. The van der Waals surface area contributed by atoms with Crippen LogP contribution in [0.1, 0.15) is 49.5 Å². The van der Waals surface area contributed by atoms with E-state index in [1.54, 1.807) is 18.2 Å². The number of carboxylic acid groups (broad SMARTS) is 1. The van der Waals surface area contributed by atoms with Crippen molar-refractivity contribution >= 4 is 17.8 Å². The first kappa shape index (κ1) is 19.9. The van der Waals surface area contributed by atoms with Crippen LogP contribution in [0.15, 0.2) is 24.3 Å². The molecule has 1 atom stereocenters. The lowest BCUT2D eigenvalue weighted by Crippen LogP contribution is -2.45. The van der Waals surface area contributed by atoms with E-state index in [1.165, 1.54) is 6.07 Å². The maximum atomic E-state index is 12.6. The standard InChI is InChI=1S/C20H28N2O4/c1-20(2,3)19(26)21-12-15-7-5-9-22(13-15)17(23)11-14-6-4-8-16(10-14)18(24)25/h4,6,8,10,15H,5,7,9,11-13H2,1-3H3,(H,21,26)(H,24,25). The Labute approximate surface area is 154 Å². The maximum absolute atomic E-state index is 12.6.